The van der Waals surface area contributed by atoms with Gasteiger partial charge in [0.05, 0.1) is 47.1 Å². The molecule has 2 fully saturated rings. The topological polar surface area (TPSA) is 141 Å². The van der Waals surface area contributed by atoms with Crippen LogP contribution in [0.5, 0.6) is 5.75 Å². The molecule has 6 atom stereocenters. The predicted octanol–water partition coefficient (Wildman–Crippen LogP) is 4.24. The lowest BCUT2D eigenvalue weighted by Gasteiger charge is -2.31. The number of hydrogen-bond acceptors (Lipinski definition) is 12. The number of anilines is 2. The number of carbonyl (C=O) groups excluding carboxylic acids is 1. The van der Waals surface area contributed by atoms with E-state index in [0.29, 0.717) is 102 Å². The molecule has 1 N–H and O–H groups in total. The lowest BCUT2D eigenvalue weighted by Crippen LogP contribution is -2.47. The normalized spacial score (nSPS) is 24.5. The molecule has 0 aliphatic carbocycles. The van der Waals surface area contributed by atoms with E-state index in [1.54, 1.807) is 43.1 Å². The molecule has 15 nitrogen and oxygen atoms in total. The van der Waals surface area contributed by atoms with Crippen molar-refractivity contribution in [3.05, 3.63) is 78.0 Å². The predicted molar refractivity (Wildman–Crippen MR) is 216 cm³/mol. The molecule has 2 saturated heterocycles. The average molecular weight is 806 g/mol. The number of hydrogen-bond donors (Lipinski definition) is 1. The van der Waals surface area contributed by atoms with Gasteiger partial charge < -0.3 is 33.9 Å². The van der Waals surface area contributed by atoms with Crippen LogP contribution >= 0.6 is 0 Å². The van der Waals surface area contributed by atoms with Crippen molar-refractivity contribution in [3.8, 4) is 22.7 Å². The molecule has 8 bridgehead atoms. The molecule has 0 radical (unpaired) electrons. The van der Waals surface area contributed by atoms with Gasteiger partial charge in [-0.1, -0.05) is 6.07 Å². The van der Waals surface area contributed by atoms with Crippen molar-refractivity contribution in [3.63, 3.8) is 0 Å². The molecule has 10 rings (SSSR count). The van der Waals surface area contributed by atoms with E-state index in [4.69, 9.17) is 39.2 Å². The minimum Gasteiger partial charge on any atom is -0.490 e. The van der Waals surface area contributed by atoms with E-state index in [0.717, 1.165) is 18.6 Å². The van der Waals surface area contributed by atoms with Gasteiger partial charge in [-0.15, -0.1) is 0 Å². The van der Waals surface area contributed by atoms with Crippen LogP contribution in [0.2, 0.25) is 0 Å². The Morgan fingerprint density at radius 3 is 2.66 bits per heavy atom. The van der Waals surface area contributed by atoms with Crippen molar-refractivity contribution in [2.45, 2.75) is 50.6 Å². The Morgan fingerprint density at radius 2 is 1.81 bits per heavy atom. The van der Waals surface area contributed by atoms with Gasteiger partial charge in [0.15, 0.2) is 5.65 Å². The summed E-state index contributed by atoms with van der Waals surface area (Å²) in [5.74, 6) is 1.96. The van der Waals surface area contributed by atoms with E-state index in [-0.39, 0.29) is 30.5 Å². The second-order valence-electron chi connectivity index (χ2n) is 16.0. The van der Waals surface area contributed by atoms with Crippen LogP contribution in [0.3, 0.4) is 0 Å². The summed E-state index contributed by atoms with van der Waals surface area (Å²) < 4.78 is 51.8. The number of carbonyl (C=O) groups is 1. The number of aromatic nitrogens is 7. The summed E-state index contributed by atoms with van der Waals surface area (Å²) in [5, 5.41) is 9.04. The van der Waals surface area contributed by atoms with E-state index >= 15 is 4.39 Å². The summed E-state index contributed by atoms with van der Waals surface area (Å²) in [6, 6.07) is 12.1. The van der Waals surface area contributed by atoms with Crippen LogP contribution < -0.4 is 15.0 Å². The zero-order valence-electron chi connectivity index (χ0n) is 33.3. The van der Waals surface area contributed by atoms with Crippen LogP contribution in [-0.4, -0.2) is 135 Å². The minimum absolute atomic E-state index is 0.0480. The Morgan fingerprint density at radius 1 is 0.932 bits per heavy atom. The van der Waals surface area contributed by atoms with Gasteiger partial charge in [0, 0.05) is 90.1 Å². The number of methoxy groups -OCH3 is 2. The van der Waals surface area contributed by atoms with Gasteiger partial charge in [0.1, 0.15) is 59.0 Å². The molecule has 4 aromatic heterocycles. The number of benzene rings is 2. The molecule has 0 saturated carbocycles. The number of aryl methyl sites for hydroxylation is 1. The smallest absolute Gasteiger partial charge is 0.245 e. The molecule has 1 amide bonds. The quantitative estimate of drug-likeness (QED) is 0.274. The summed E-state index contributed by atoms with van der Waals surface area (Å²) in [4.78, 5) is 41.0. The molecule has 6 aromatic rings. The Hall–Kier alpha value is -5.78. The second kappa shape index (κ2) is 14.8. The van der Waals surface area contributed by atoms with Crippen LogP contribution in [0.15, 0.2) is 54.7 Å². The van der Waals surface area contributed by atoms with E-state index in [9.17, 15) is 9.18 Å². The van der Waals surface area contributed by atoms with Crippen molar-refractivity contribution in [1.29, 1.82) is 0 Å². The number of ether oxygens (including phenoxy) is 3. The first-order chi connectivity index (χ1) is 28.6. The maximum Gasteiger partial charge on any atom is 0.245 e. The number of imidazole rings is 1. The van der Waals surface area contributed by atoms with Gasteiger partial charge in [-0.3, -0.25) is 9.69 Å². The highest BCUT2D eigenvalue weighted by atomic mass is 19.1. The number of rotatable bonds is 3. The third kappa shape index (κ3) is 6.70. The number of pyridine rings is 1. The molecule has 1 unspecified atom stereocenters. The molecule has 0 spiro atoms. The molecular formula is C42H45F2N11O4. The number of nitrogens with one attached hydrogen (secondary N) is 1. The van der Waals surface area contributed by atoms with E-state index < -0.39 is 23.8 Å². The maximum atomic E-state index is 15.2. The molecule has 4 aliphatic heterocycles. The van der Waals surface area contributed by atoms with Gasteiger partial charge in [-0.05, 0) is 43.7 Å². The molecule has 2 aromatic carbocycles. The maximum absolute atomic E-state index is 15.2. The van der Waals surface area contributed by atoms with E-state index in [2.05, 4.69) is 15.1 Å². The molecular weight excluding hydrogens is 761 g/mol. The van der Waals surface area contributed by atoms with Gasteiger partial charge in [-0.2, -0.15) is 5.10 Å². The monoisotopic (exact) mass is 805 g/mol. The first-order valence-corrected chi connectivity index (χ1v) is 20.0. The third-order valence-electron chi connectivity index (χ3n) is 12.3. The fourth-order valence-corrected chi connectivity index (χ4v) is 9.41. The SMILES string of the molecule is CO[C@H]1CN(C)C(=O)[C@@H]2C[C@@H](CN2c2nc3nc4c2cnn4-c2ccc(F)cc2OCCN2C[C@H](C3)[C@H](OC)C2)Nc2cccc(n2)-c2cc(F)cc3nc(C)n(c23)C1. The Labute approximate surface area is 338 Å². The number of likely N-dealkylation sites (N-methyl/N-ethyl adjacent to an activating group) is 1. The Balaban J connectivity index is 1.10. The molecule has 306 valence electrons. The van der Waals surface area contributed by atoms with Crippen molar-refractivity contribution < 1.29 is 27.8 Å². The zero-order chi connectivity index (χ0) is 40.5. The first-order valence-electron chi connectivity index (χ1n) is 20.0. The number of amides is 1. The molecule has 4 aliphatic rings. The summed E-state index contributed by atoms with van der Waals surface area (Å²) in [6.07, 6.45) is 2.21. The fourth-order valence-electron chi connectivity index (χ4n) is 9.41. The summed E-state index contributed by atoms with van der Waals surface area (Å²) in [7, 11) is 5.15. The van der Waals surface area contributed by atoms with Crippen molar-refractivity contribution in [2.75, 3.05) is 70.8 Å². The summed E-state index contributed by atoms with van der Waals surface area (Å²) >= 11 is 0. The highest BCUT2D eigenvalue weighted by molar-refractivity contribution is 5.94. The van der Waals surface area contributed by atoms with Crippen molar-refractivity contribution in [2.24, 2.45) is 5.92 Å². The molecule has 59 heavy (non-hydrogen) atoms. The zero-order valence-corrected chi connectivity index (χ0v) is 33.3. The summed E-state index contributed by atoms with van der Waals surface area (Å²) in [5.41, 5.74) is 3.54. The summed E-state index contributed by atoms with van der Waals surface area (Å²) in [6.45, 7) is 5.41. The first kappa shape index (κ1) is 37.5. The number of halogens is 2. The van der Waals surface area contributed by atoms with Crippen LogP contribution in [0, 0.1) is 24.5 Å². The molecule has 8 heterocycles. The van der Waals surface area contributed by atoms with Crippen molar-refractivity contribution >= 4 is 39.6 Å². The largest absolute Gasteiger partial charge is 0.490 e. The minimum atomic E-state index is -0.633. The molecule has 17 heteroatoms. The van der Waals surface area contributed by atoms with Crippen LogP contribution in [0.4, 0.5) is 20.4 Å². The van der Waals surface area contributed by atoms with E-state index in [1.165, 1.54) is 24.3 Å². The van der Waals surface area contributed by atoms with Crippen LogP contribution in [0.1, 0.15) is 18.1 Å². The van der Waals surface area contributed by atoms with Gasteiger partial charge in [0.25, 0.3) is 0 Å². The van der Waals surface area contributed by atoms with Crippen molar-refractivity contribution in [1.82, 2.24) is 44.1 Å². The Bertz CT molecular complexity index is 2600. The van der Waals surface area contributed by atoms with Gasteiger partial charge in [-0.25, -0.2) is 33.4 Å². The fraction of sp³-hybridized carbons (Fsp3) is 0.429. The standard InChI is InChI=1S/C42H45F2N11O4/c1-23-46-32-14-26(44)13-29-31-6-5-7-37(48-31)47-27-16-34(42(56)51(2)20-28(57-3)21-53(23)39(29)32)54(19-27)40-30-17-45-55-33-9-8-25(43)15-35(33)59-11-10-52-18-24(36(22-52)58-4)12-38(49-40)50-41(30)55/h5-9,13-15,17,24,27-28,34,36H,10-12,16,18-22H2,1-4H3,(H,47,48)/t24-,27-,28-,34-,36+/m0/s1. The lowest BCUT2D eigenvalue weighted by atomic mass is 10.0. The lowest BCUT2D eigenvalue weighted by molar-refractivity contribution is -0.132. The van der Waals surface area contributed by atoms with Gasteiger partial charge >= 0.3 is 0 Å². The van der Waals surface area contributed by atoms with Gasteiger partial charge in [0.2, 0.25) is 5.91 Å². The number of fused-ring (bicyclic) bond motifs is 10. The van der Waals surface area contributed by atoms with E-state index in [1.807, 2.05) is 29.7 Å². The Kier molecular flexibility index (Phi) is 9.40. The second-order valence-corrected chi connectivity index (χ2v) is 16.0. The third-order valence-corrected chi connectivity index (χ3v) is 12.3. The average Bonchev–Trinajstić information content (AvgIpc) is 4.01. The number of nitrogens with zero attached hydrogens (tertiary/aromatic N) is 10. The van der Waals surface area contributed by atoms with Crippen LogP contribution in [-0.2, 0) is 27.2 Å². The van der Waals surface area contributed by atoms with Crippen LogP contribution in [0.25, 0.3) is 39.0 Å². The highest BCUT2D eigenvalue weighted by Gasteiger charge is 2.42. The highest BCUT2D eigenvalue weighted by Crippen LogP contribution is 2.37.